The second-order valence-corrected chi connectivity index (χ2v) is 5.45. The second-order valence-electron chi connectivity index (χ2n) is 5.01. The SMILES string of the molecule is Cc1cc(Cl)ccc1NC(=O)c1cnn(C)c1-n1cccc1. The van der Waals surface area contributed by atoms with E-state index in [1.165, 1.54) is 0 Å². The van der Waals surface area contributed by atoms with Gasteiger partial charge in [0.25, 0.3) is 5.91 Å². The summed E-state index contributed by atoms with van der Waals surface area (Å²) in [6.45, 7) is 1.90. The Morgan fingerprint density at radius 1 is 1.27 bits per heavy atom. The summed E-state index contributed by atoms with van der Waals surface area (Å²) in [5.41, 5.74) is 2.15. The first-order valence-electron chi connectivity index (χ1n) is 6.79. The average Bonchev–Trinajstić information content (AvgIpc) is 3.10. The summed E-state index contributed by atoms with van der Waals surface area (Å²) >= 11 is 5.94. The lowest BCUT2D eigenvalue weighted by Gasteiger charge is -2.10. The number of halogens is 1. The molecule has 2 aromatic heterocycles. The van der Waals surface area contributed by atoms with Crippen molar-refractivity contribution in [3.8, 4) is 5.82 Å². The van der Waals surface area contributed by atoms with Crippen molar-refractivity contribution in [3.05, 3.63) is 65.1 Å². The fourth-order valence-electron chi connectivity index (χ4n) is 2.33. The van der Waals surface area contributed by atoms with Crippen LogP contribution in [0.3, 0.4) is 0 Å². The van der Waals surface area contributed by atoms with Crippen LogP contribution in [0.1, 0.15) is 15.9 Å². The van der Waals surface area contributed by atoms with Crippen LogP contribution >= 0.6 is 11.6 Å². The van der Waals surface area contributed by atoms with Gasteiger partial charge in [0.15, 0.2) is 0 Å². The molecule has 22 heavy (non-hydrogen) atoms. The third-order valence-corrected chi connectivity index (χ3v) is 3.67. The molecule has 0 saturated heterocycles. The summed E-state index contributed by atoms with van der Waals surface area (Å²) in [6, 6.07) is 9.16. The lowest BCUT2D eigenvalue weighted by atomic mass is 10.2. The first-order chi connectivity index (χ1) is 10.6. The first kappa shape index (κ1) is 14.4. The molecule has 1 aromatic carbocycles. The Kier molecular flexibility index (Phi) is 3.73. The van der Waals surface area contributed by atoms with Crippen LogP contribution in [-0.4, -0.2) is 20.3 Å². The number of nitrogens with zero attached hydrogens (tertiary/aromatic N) is 3. The minimum absolute atomic E-state index is 0.206. The summed E-state index contributed by atoms with van der Waals surface area (Å²) in [4.78, 5) is 12.6. The predicted molar refractivity (Wildman–Crippen MR) is 86.7 cm³/mol. The first-order valence-corrected chi connectivity index (χ1v) is 7.17. The molecule has 0 unspecified atom stereocenters. The van der Waals surface area contributed by atoms with Gasteiger partial charge in [-0.25, -0.2) is 0 Å². The molecule has 1 amide bonds. The van der Waals surface area contributed by atoms with E-state index in [0.717, 1.165) is 11.3 Å². The van der Waals surface area contributed by atoms with Crippen molar-refractivity contribution in [2.24, 2.45) is 7.05 Å². The van der Waals surface area contributed by atoms with E-state index in [9.17, 15) is 4.79 Å². The van der Waals surface area contributed by atoms with Gasteiger partial charge >= 0.3 is 0 Å². The highest BCUT2D eigenvalue weighted by Gasteiger charge is 2.18. The van der Waals surface area contributed by atoms with Crippen molar-refractivity contribution < 1.29 is 4.79 Å². The van der Waals surface area contributed by atoms with Crippen LogP contribution in [0.15, 0.2) is 48.9 Å². The Morgan fingerprint density at radius 2 is 2.00 bits per heavy atom. The lowest BCUT2D eigenvalue weighted by molar-refractivity contribution is 0.102. The monoisotopic (exact) mass is 314 g/mol. The zero-order valence-electron chi connectivity index (χ0n) is 12.2. The normalized spacial score (nSPS) is 10.7. The van der Waals surface area contributed by atoms with Crippen LogP contribution in [0.4, 0.5) is 5.69 Å². The molecular formula is C16H15ClN4O. The smallest absolute Gasteiger partial charge is 0.261 e. The summed E-state index contributed by atoms with van der Waals surface area (Å²) in [5.74, 6) is 0.510. The third-order valence-electron chi connectivity index (χ3n) is 3.44. The van der Waals surface area contributed by atoms with Gasteiger partial charge in [-0.15, -0.1) is 0 Å². The Bertz CT molecular complexity index is 821. The highest BCUT2D eigenvalue weighted by molar-refractivity contribution is 6.30. The van der Waals surface area contributed by atoms with E-state index in [1.807, 2.05) is 42.1 Å². The van der Waals surface area contributed by atoms with Crippen molar-refractivity contribution in [3.63, 3.8) is 0 Å². The minimum atomic E-state index is -0.206. The van der Waals surface area contributed by atoms with E-state index in [4.69, 9.17) is 11.6 Å². The van der Waals surface area contributed by atoms with Gasteiger partial charge in [0.2, 0.25) is 0 Å². The number of amides is 1. The Hall–Kier alpha value is -2.53. The molecule has 2 heterocycles. The highest BCUT2D eigenvalue weighted by atomic mass is 35.5. The number of aromatic nitrogens is 3. The summed E-state index contributed by atoms with van der Waals surface area (Å²) in [6.07, 6.45) is 5.32. The number of carbonyl (C=O) groups excluding carboxylic acids is 1. The van der Waals surface area contributed by atoms with Crippen LogP contribution in [0.5, 0.6) is 0 Å². The zero-order valence-corrected chi connectivity index (χ0v) is 13.0. The summed E-state index contributed by atoms with van der Waals surface area (Å²) in [5, 5.41) is 7.73. The molecule has 3 rings (SSSR count). The molecule has 6 heteroatoms. The maximum Gasteiger partial charge on any atom is 0.261 e. The number of rotatable bonds is 3. The third kappa shape index (κ3) is 2.63. The van der Waals surface area contributed by atoms with E-state index < -0.39 is 0 Å². The molecule has 0 bridgehead atoms. The summed E-state index contributed by atoms with van der Waals surface area (Å²) < 4.78 is 3.53. The quantitative estimate of drug-likeness (QED) is 0.805. The Morgan fingerprint density at radius 3 is 2.68 bits per heavy atom. The standard InChI is InChI=1S/C16H15ClN4O/c1-11-9-12(17)5-6-14(11)19-15(22)13-10-18-20(2)16(13)21-7-3-4-8-21/h3-10H,1-2H3,(H,19,22). The molecule has 0 radical (unpaired) electrons. The molecule has 3 aromatic rings. The van der Waals surface area contributed by atoms with Gasteiger partial charge in [-0.2, -0.15) is 5.10 Å². The fraction of sp³-hybridized carbons (Fsp3) is 0.125. The molecule has 0 saturated carbocycles. The predicted octanol–water partition coefficient (Wildman–Crippen LogP) is 3.42. The van der Waals surface area contributed by atoms with Crippen molar-refractivity contribution in [2.45, 2.75) is 6.92 Å². The van der Waals surface area contributed by atoms with Crippen molar-refractivity contribution >= 4 is 23.2 Å². The Balaban J connectivity index is 1.93. The Labute approximate surface area is 133 Å². The topological polar surface area (TPSA) is 51.9 Å². The minimum Gasteiger partial charge on any atom is -0.322 e. The lowest BCUT2D eigenvalue weighted by Crippen LogP contribution is -2.15. The molecule has 0 spiro atoms. The van der Waals surface area contributed by atoms with Crippen LogP contribution in [0.2, 0.25) is 5.02 Å². The van der Waals surface area contributed by atoms with E-state index in [2.05, 4.69) is 10.4 Å². The largest absolute Gasteiger partial charge is 0.322 e. The number of hydrogen-bond donors (Lipinski definition) is 1. The van der Waals surface area contributed by atoms with Gasteiger partial charge in [0.1, 0.15) is 11.4 Å². The fourth-order valence-corrected chi connectivity index (χ4v) is 2.56. The van der Waals surface area contributed by atoms with Gasteiger partial charge in [0.05, 0.1) is 6.20 Å². The highest BCUT2D eigenvalue weighted by Crippen LogP contribution is 2.21. The molecule has 0 aliphatic rings. The van der Waals surface area contributed by atoms with Gasteiger partial charge < -0.3 is 9.88 Å². The molecule has 112 valence electrons. The maximum atomic E-state index is 12.6. The number of hydrogen-bond acceptors (Lipinski definition) is 2. The molecule has 0 aliphatic heterocycles. The summed E-state index contributed by atoms with van der Waals surface area (Å²) in [7, 11) is 1.81. The molecule has 0 aliphatic carbocycles. The van der Waals surface area contributed by atoms with Gasteiger partial charge in [-0.3, -0.25) is 9.48 Å². The number of carbonyl (C=O) groups is 1. The molecule has 0 fully saturated rings. The number of anilines is 1. The van der Waals surface area contributed by atoms with Crippen LogP contribution < -0.4 is 5.32 Å². The van der Waals surface area contributed by atoms with Gasteiger partial charge in [0, 0.05) is 30.2 Å². The van der Waals surface area contributed by atoms with E-state index in [1.54, 1.807) is 30.1 Å². The van der Waals surface area contributed by atoms with Crippen LogP contribution in [-0.2, 0) is 7.05 Å². The zero-order chi connectivity index (χ0) is 15.7. The molecule has 1 N–H and O–H groups in total. The van der Waals surface area contributed by atoms with E-state index in [0.29, 0.717) is 16.4 Å². The van der Waals surface area contributed by atoms with Crippen molar-refractivity contribution in [2.75, 3.05) is 5.32 Å². The molecule has 0 atom stereocenters. The molecule has 5 nitrogen and oxygen atoms in total. The van der Waals surface area contributed by atoms with Gasteiger partial charge in [-0.1, -0.05) is 11.6 Å². The van der Waals surface area contributed by atoms with E-state index >= 15 is 0 Å². The second kappa shape index (κ2) is 5.69. The van der Waals surface area contributed by atoms with Crippen molar-refractivity contribution in [1.82, 2.24) is 14.3 Å². The van der Waals surface area contributed by atoms with Gasteiger partial charge in [-0.05, 0) is 42.8 Å². The average molecular weight is 315 g/mol. The van der Waals surface area contributed by atoms with E-state index in [-0.39, 0.29) is 5.91 Å². The number of aryl methyl sites for hydroxylation is 2. The van der Waals surface area contributed by atoms with Crippen molar-refractivity contribution in [1.29, 1.82) is 0 Å². The maximum absolute atomic E-state index is 12.6. The molecular weight excluding hydrogens is 300 g/mol. The van der Waals surface area contributed by atoms with Crippen LogP contribution in [0.25, 0.3) is 5.82 Å². The van der Waals surface area contributed by atoms with Crippen LogP contribution in [0, 0.1) is 6.92 Å². The number of nitrogens with one attached hydrogen (secondary N) is 1. The number of benzene rings is 1.